The Labute approximate surface area is 187 Å². The van der Waals surface area contributed by atoms with Crippen molar-refractivity contribution in [3.05, 3.63) is 29.8 Å². The summed E-state index contributed by atoms with van der Waals surface area (Å²) >= 11 is 0. The number of esters is 1. The number of carbonyl (C=O) groups is 4. The number of rotatable bonds is 5. The zero-order valence-corrected chi connectivity index (χ0v) is 18.1. The molecule has 5 aliphatic rings. The monoisotopic (exact) mass is 439 g/mol. The molecule has 32 heavy (non-hydrogen) atoms. The molecule has 6 rings (SSSR count). The highest BCUT2D eigenvalue weighted by Crippen LogP contribution is 2.55. The molecule has 4 bridgehead atoms. The van der Waals surface area contributed by atoms with Gasteiger partial charge >= 0.3 is 12.0 Å². The average molecular weight is 440 g/mol. The second-order valence-corrected chi connectivity index (χ2v) is 9.97. The van der Waals surface area contributed by atoms with E-state index in [0.717, 1.165) is 31.4 Å². The molecular formula is C24H29N3O5. The van der Waals surface area contributed by atoms with Crippen LogP contribution >= 0.6 is 0 Å². The predicted molar refractivity (Wildman–Crippen MR) is 116 cm³/mol. The number of urea groups is 1. The van der Waals surface area contributed by atoms with Gasteiger partial charge in [-0.1, -0.05) is 0 Å². The van der Waals surface area contributed by atoms with E-state index in [9.17, 15) is 19.2 Å². The lowest BCUT2D eigenvalue weighted by Gasteiger charge is -2.56. The summed E-state index contributed by atoms with van der Waals surface area (Å²) in [6, 6.07) is 6.02. The maximum absolute atomic E-state index is 12.4. The highest BCUT2D eigenvalue weighted by Gasteiger charge is 2.51. The SMILES string of the molecule is O=C(COC(=O)c1ccc(N2CCCC2=O)cc1)NC(=O)NC12CC3CC(CC(C3)C1)C2. The first-order valence-corrected chi connectivity index (χ1v) is 11.6. The minimum Gasteiger partial charge on any atom is -0.452 e. The lowest BCUT2D eigenvalue weighted by Crippen LogP contribution is -2.62. The van der Waals surface area contributed by atoms with Gasteiger partial charge in [0.2, 0.25) is 5.91 Å². The van der Waals surface area contributed by atoms with Crippen molar-refractivity contribution >= 4 is 29.5 Å². The third-order valence-electron chi connectivity index (χ3n) is 7.49. The van der Waals surface area contributed by atoms with Crippen LogP contribution in [0.15, 0.2) is 24.3 Å². The number of anilines is 1. The van der Waals surface area contributed by atoms with Crippen molar-refractivity contribution in [2.24, 2.45) is 17.8 Å². The predicted octanol–water partition coefficient (Wildman–Crippen LogP) is 2.76. The van der Waals surface area contributed by atoms with E-state index in [0.29, 0.717) is 30.7 Å². The molecule has 4 aliphatic carbocycles. The van der Waals surface area contributed by atoms with E-state index in [1.807, 2.05) is 0 Å². The molecule has 1 aromatic carbocycles. The quantitative estimate of drug-likeness (QED) is 0.687. The molecule has 4 saturated carbocycles. The van der Waals surface area contributed by atoms with Gasteiger partial charge in [0.1, 0.15) is 0 Å². The Balaban J connectivity index is 1.09. The Morgan fingerprint density at radius 2 is 1.62 bits per heavy atom. The number of hydrogen-bond acceptors (Lipinski definition) is 5. The summed E-state index contributed by atoms with van der Waals surface area (Å²) in [5.74, 6) is 0.833. The van der Waals surface area contributed by atoms with E-state index in [2.05, 4.69) is 10.6 Å². The molecule has 1 heterocycles. The fourth-order valence-corrected chi connectivity index (χ4v) is 6.61. The minimum absolute atomic E-state index is 0.0730. The summed E-state index contributed by atoms with van der Waals surface area (Å²) in [5.41, 5.74) is 0.836. The lowest BCUT2D eigenvalue weighted by molar-refractivity contribution is -0.123. The Bertz CT molecular complexity index is 906. The molecule has 0 radical (unpaired) electrons. The van der Waals surface area contributed by atoms with Crippen molar-refractivity contribution in [3.8, 4) is 0 Å². The third-order valence-corrected chi connectivity index (χ3v) is 7.49. The van der Waals surface area contributed by atoms with Crippen molar-refractivity contribution in [2.45, 2.75) is 56.9 Å². The lowest BCUT2D eigenvalue weighted by atomic mass is 9.53. The van der Waals surface area contributed by atoms with Gasteiger partial charge < -0.3 is 15.0 Å². The molecule has 2 N–H and O–H groups in total. The second kappa shape index (κ2) is 8.22. The summed E-state index contributed by atoms with van der Waals surface area (Å²) in [5, 5.41) is 5.37. The van der Waals surface area contributed by atoms with Crippen LogP contribution in [-0.4, -0.2) is 42.5 Å². The van der Waals surface area contributed by atoms with Crippen molar-refractivity contribution in [2.75, 3.05) is 18.1 Å². The number of ether oxygens (including phenoxy) is 1. The molecule has 1 saturated heterocycles. The number of hydrogen-bond donors (Lipinski definition) is 2. The van der Waals surface area contributed by atoms with Gasteiger partial charge in [0.15, 0.2) is 6.61 Å². The van der Waals surface area contributed by atoms with Crippen LogP contribution in [0.2, 0.25) is 0 Å². The highest BCUT2D eigenvalue weighted by atomic mass is 16.5. The van der Waals surface area contributed by atoms with Crippen LogP contribution in [0.4, 0.5) is 10.5 Å². The summed E-state index contributed by atoms with van der Waals surface area (Å²) in [7, 11) is 0. The summed E-state index contributed by atoms with van der Waals surface area (Å²) in [6.45, 7) is 0.146. The Morgan fingerprint density at radius 1 is 1.00 bits per heavy atom. The number of benzene rings is 1. The van der Waals surface area contributed by atoms with Gasteiger partial charge in [0, 0.05) is 24.2 Å². The summed E-state index contributed by atoms with van der Waals surface area (Å²) in [4.78, 5) is 50.3. The summed E-state index contributed by atoms with van der Waals surface area (Å²) in [6.07, 6.45) is 8.16. The Morgan fingerprint density at radius 3 is 2.19 bits per heavy atom. The number of imide groups is 1. The van der Waals surface area contributed by atoms with Gasteiger partial charge in [-0.3, -0.25) is 14.9 Å². The van der Waals surface area contributed by atoms with Crippen LogP contribution in [0.25, 0.3) is 0 Å². The normalized spacial score (nSPS) is 30.3. The molecule has 0 unspecified atom stereocenters. The molecule has 0 atom stereocenters. The van der Waals surface area contributed by atoms with Gasteiger partial charge in [-0.25, -0.2) is 9.59 Å². The molecular weight excluding hydrogens is 410 g/mol. The fourth-order valence-electron chi connectivity index (χ4n) is 6.61. The molecule has 5 fully saturated rings. The first-order chi connectivity index (χ1) is 15.4. The maximum atomic E-state index is 12.4. The van der Waals surface area contributed by atoms with Crippen molar-refractivity contribution in [3.63, 3.8) is 0 Å². The topological polar surface area (TPSA) is 105 Å². The molecule has 170 valence electrons. The molecule has 4 amide bonds. The standard InChI is InChI=1S/C24H29N3O5/c28-20(25-23(31)26-24-11-15-8-16(12-24)10-17(9-15)13-24)14-32-22(30)18-3-5-19(6-4-18)27-7-1-2-21(27)29/h3-6,15-17H,1-2,7-14H2,(H2,25,26,28,31). The van der Waals surface area contributed by atoms with Crippen molar-refractivity contribution in [1.29, 1.82) is 0 Å². The highest BCUT2D eigenvalue weighted by molar-refractivity contribution is 5.98. The third kappa shape index (κ3) is 4.23. The van der Waals surface area contributed by atoms with Gasteiger partial charge in [-0.2, -0.15) is 0 Å². The number of carbonyl (C=O) groups excluding carboxylic acids is 4. The molecule has 0 aromatic heterocycles. The number of amides is 4. The van der Waals surface area contributed by atoms with Crippen molar-refractivity contribution in [1.82, 2.24) is 10.6 Å². The summed E-state index contributed by atoms with van der Waals surface area (Å²) < 4.78 is 5.06. The Hall–Kier alpha value is -2.90. The van der Waals surface area contributed by atoms with Crippen LogP contribution in [0.1, 0.15) is 61.7 Å². The van der Waals surface area contributed by atoms with E-state index in [-0.39, 0.29) is 17.0 Å². The molecule has 1 aromatic rings. The molecule has 0 spiro atoms. The van der Waals surface area contributed by atoms with E-state index in [1.54, 1.807) is 29.2 Å². The molecule has 8 nitrogen and oxygen atoms in total. The van der Waals surface area contributed by atoms with E-state index in [1.165, 1.54) is 19.3 Å². The smallest absolute Gasteiger partial charge is 0.338 e. The van der Waals surface area contributed by atoms with Crippen LogP contribution in [0.3, 0.4) is 0 Å². The van der Waals surface area contributed by atoms with E-state index < -0.39 is 24.5 Å². The van der Waals surface area contributed by atoms with Gasteiger partial charge in [0.05, 0.1) is 5.56 Å². The largest absolute Gasteiger partial charge is 0.452 e. The van der Waals surface area contributed by atoms with Crippen LogP contribution in [0.5, 0.6) is 0 Å². The first kappa shape index (κ1) is 21.0. The number of nitrogens with zero attached hydrogens (tertiary/aromatic N) is 1. The average Bonchev–Trinajstić information content (AvgIpc) is 3.16. The first-order valence-electron chi connectivity index (χ1n) is 11.6. The van der Waals surface area contributed by atoms with Gasteiger partial charge in [-0.15, -0.1) is 0 Å². The minimum atomic E-state index is -0.653. The van der Waals surface area contributed by atoms with Crippen LogP contribution in [0, 0.1) is 17.8 Å². The maximum Gasteiger partial charge on any atom is 0.338 e. The van der Waals surface area contributed by atoms with Gasteiger partial charge in [-0.05, 0) is 87.0 Å². The van der Waals surface area contributed by atoms with Crippen LogP contribution < -0.4 is 15.5 Å². The van der Waals surface area contributed by atoms with Crippen molar-refractivity contribution < 1.29 is 23.9 Å². The van der Waals surface area contributed by atoms with E-state index >= 15 is 0 Å². The molecule has 1 aliphatic heterocycles. The molecule has 8 heteroatoms. The zero-order valence-electron chi connectivity index (χ0n) is 18.1. The Kier molecular flexibility index (Phi) is 5.39. The fraction of sp³-hybridized carbons (Fsp3) is 0.583. The van der Waals surface area contributed by atoms with E-state index in [4.69, 9.17) is 4.74 Å². The van der Waals surface area contributed by atoms with Gasteiger partial charge in [0.25, 0.3) is 5.91 Å². The number of nitrogens with one attached hydrogen (secondary N) is 2. The van der Waals surface area contributed by atoms with Crippen LogP contribution in [-0.2, 0) is 14.3 Å². The second-order valence-electron chi connectivity index (χ2n) is 9.97. The zero-order chi connectivity index (χ0) is 22.3.